The van der Waals surface area contributed by atoms with Crippen LogP contribution in [0.2, 0.25) is 0 Å². The Labute approximate surface area is 394 Å². The maximum absolute atomic E-state index is 13.1. The molecule has 0 amide bonds. The summed E-state index contributed by atoms with van der Waals surface area (Å²) in [7, 11) is -4.79. The van der Waals surface area contributed by atoms with Crippen LogP contribution in [0.4, 0.5) is 0 Å². The molecular weight excluding hydrogens is 817 g/mol. The van der Waals surface area contributed by atoms with Crippen molar-refractivity contribution >= 4 is 22.1 Å². The molecule has 0 aromatic heterocycles. The number of carbonyl (C=O) groups excluding carboxylic acids is 2. The predicted molar refractivity (Wildman–Crippen MR) is 271 cm³/mol. The van der Waals surface area contributed by atoms with Gasteiger partial charge in [0.15, 0.2) is 0 Å². The summed E-state index contributed by atoms with van der Waals surface area (Å²) in [5.74, 6) is -1.82. The average molecular weight is 915 g/mol. The molecular formula is C56H98O7S. The van der Waals surface area contributed by atoms with Crippen LogP contribution in [0, 0.1) is 0 Å². The lowest BCUT2D eigenvalue weighted by Crippen LogP contribution is -2.19. The predicted octanol–water partition coefficient (Wildman–Crippen LogP) is 18.0. The second-order valence-corrected chi connectivity index (χ2v) is 19.9. The summed E-state index contributed by atoms with van der Waals surface area (Å²) in [4.78, 5) is 25.4. The van der Waals surface area contributed by atoms with Gasteiger partial charge in [0.2, 0.25) is 0 Å². The van der Waals surface area contributed by atoms with E-state index in [1.165, 1.54) is 230 Å². The van der Waals surface area contributed by atoms with E-state index in [0.717, 1.165) is 31.7 Å². The molecule has 0 aliphatic rings. The molecule has 1 aromatic rings. The lowest BCUT2D eigenvalue weighted by atomic mass is 10.0. The summed E-state index contributed by atoms with van der Waals surface area (Å²) in [5.41, 5.74) is -0.741. The first kappa shape index (κ1) is 59.6. The highest BCUT2D eigenvalue weighted by Gasteiger charge is 2.28. The van der Waals surface area contributed by atoms with Gasteiger partial charge in [-0.1, -0.05) is 263 Å². The Hall–Kier alpha value is -2.45. The van der Waals surface area contributed by atoms with Crippen molar-refractivity contribution in [3.63, 3.8) is 0 Å². The molecule has 64 heavy (non-hydrogen) atoms. The van der Waals surface area contributed by atoms with Gasteiger partial charge in [0.25, 0.3) is 10.1 Å². The molecule has 8 heteroatoms. The third-order valence-corrected chi connectivity index (χ3v) is 13.4. The second kappa shape index (κ2) is 44.4. The Morgan fingerprint density at radius 1 is 0.422 bits per heavy atom. The minimum atomic E-state index is -4.79. The van der Waals surface area contributed by atoms with Crippen molar-refractivity contribution in [1.82, 2.24) is 0 Å². The Kier molecular flexibility index (Phi) is 41.3. The molecule has 1 aromatic carbocycles. The highest BCUT2D eigenvalue weighted by atomic mass is 32.2. The van der Waals surface area contributed by atoms with Gasteiger partial charge in [0.1, 0.15) is 4.90 Å². The van der Waals surface area contributed by atoms with E-state index >= 15 is 0 Å². The summed E-state index contributed by atoms with van der Waals surface area (Å²) in [6.45, 7) is 4.66. The third kappa shape index (κ3) is 35.8. The molecule has 0 saturated heterocycles. The van der Waals surface area contributed by atoms with E-state index in [-0.39, 0.29) is 18.8 Å². The van der Waals surface area contributed by atoms with Crippen molar-refractivity contribution in [2.24, 2.45) is 0 Å². The fourth-order valence-corrected chi connectivity index (χ4v) is 9.22. The number of hydrogen-bond acceptors (Lipinski definition) is 6. The molecule has 0 heterocycles. The smallest absolute Gasteiger partial charge is 0.340 e. The first-order valence-electron chi connectivity index (χ1n) is 27.1. The molecule has 0 aliphatic carbocycles. The molecule has 0 radical (unpaired) electrons. The average Bonchev–Trinajstić information content (AvgIpc) is 3.28. The highest BCUT2D eigenvalue weighted by molar-refractivity contribution is 7.86. The number of carbonyl (C=O) groups is 2. The zero-order chi connectivity index (χ0) is 46.4. The molecule has 1 rings (SSSR count). The van der Waals surface area contributed by atoms with Crippen LogP contribution < -0.4 is 0 Å². The molecule has 0 unspecified atom stereocenters. The van der Waals surface area contributed by atoms with Gasteiger partial charge in [0, 0.05) is 0 Å². The number of hydrogen-bond donors (Lipinski definition) is 1. The number of esters is 2. The number of benzene rings is 1. The molecule has 370 valence electrons. The van der Waals surface area contributed by atoms with Gasteiger partial charge in [-0.3, -0.25) is 4.55 Å². The maximum Gasteiger partial charge on any atom is 0.340 e. The molecule has 0 atom stereocenters. The summed E-state index contributed by atoms with van der Waals surface area (Å²) < 4.78 is 44.9. The van der Waals surface area contributed by atoms with Gasteiger partial charge < -0.3 is 9.47 Å². The Morgan fingerprint density at radius 2 is 0.703 bits per heavy atom. The van der Waals surface area contributed by atoms with Gasteiger partial charge in [-0.05, 0) is 50.7 Å². The fraction of sp³-hybridized carbons (Fsp3) is 0.786. The second-order valence-electron chi connectivity index (χ2n) is 18.5. The van der Waals surface area contributed by atoms with E-state index in [4.69, 9.17) is 9.47 Å². The third-order valence-electron chi connectivity index (χ3n) is 12.5. The number of unbranched alkanes of at least 4 members (excludes halogenated alkanes) is 36. The zero-order valence-corrected chi connectivity index (χ0v) is 42.4. The van der Waals surface area contributed by atoms with Crippen LogP contribution in [0.25, 0.3) is 0 Å². The summed E-state index contributed by atoms with van der Waals surface area (Å²) in [6.07, 6.45) is 59.9. The van der Waals surface area contributed by atoms with E-state index in [2.05, 4.69) is 26.0 Å². The normalized spacial score (nSPS) is 11.9. The van der Waals surface area contributed by atoms with Gasteiger partial charge in [-0.2, -0.15) is 8.42 Å². The highest BCUT2D eigenvalue weighted by Crippen LogP contribution is 2.23. The number of rotatable bonds is 47. The fourth-order valence-electron chi connectivity index (χ4n) is 8.52. The minimum Gasteiger partial charge on any atom is -0.462 e. The summed E-state index contributed by atoms with van der Waals surface area (Å²) in [6, 6.07) is 3.71. The molecule has 0 saturated carbocycles. The standard InChI is InChI=1S/C56H98O7S/c1-3-5-7-9-11-13-15-17-19-21-23-25-27-29-31-33-35-37-39-41-43-45-50-62-55(57)52-48-47-49-53(64(59,60)61)54(52)56(58)63-51-46-44-42-40-38-36-34-32-30-28-26-24-22-20-18-16-14-12-10-8-6-4-2/h41-44,47-49H,3-40,45-46,50-51H2,1-2H3,(H,59,60,61)/b43-41+,44-42+. The first-order valence-corrected chi connectivity index (χ1v) is 28.5. The molecule has 0 bridgehead atoms. The van der Waals surface area contributed by atoms with E-state index in [1.54, 1.807) is 0 Å². The maximum atomic E-state index is 13.1. The van der Waals surface area contributed by atoms with Gasteiger partial charge in [-0.15, -0.1) is 0 Å². The molecule has 0 spiro atoms. The molecule has 0 aliphatic heterocycles. The Bertz CT molecular complexity index is 1400. The van der Waals surface area contributed by atoms with E-state index in [9.17, 15) is 22.6 Å². The SMILES string of the molecule is CCCCCCCCCCCCCCCCCCCC/C=C/CCOC(=O)c1cccc(S(=O)(=O)O)c1C(=O)OCC/C=C/CCCCCCCCCCCCCCCCCCCC. The lowest BCUT2D eigenvalue weighted by Gasteiger charge is -2.12. The quantitative estimate of drug-likeness (QED) is 0.0300. The van der Waals surface area contributed by atoms with E-state index < -0.39 is 32.5 Å². The lowest BCUT2D eigenvalue weighted by molar-refractivity contribution is 0.0460. The Balaban J connectivity index is 2.15. The monoisotopic (exact) mass is 915 g/mol. The summed E-state index contributed by atoms with van der Waals surface area (Å²) in [5, 5.41) is 0. The van der Waals surface area contributed by atoms with E-state index in [1.807, 2.05) is 12.2 Å². The van der Waals surface area contributed by atoms with Gasteiger partial charge >= 0.3 is 11.9 Å². The largest absolute Gasteiger partial charge is 0.462 e. The van der Waals surface area contributed by atoms with Crippen LogP contribution in [0.1, 0.15) is 291 Å². The zero-order valence-electron chi connectivity index (χ0n) is 41.5. The van der Waals surface area contributed by atoms with Gasteiger partial charge in [0.05, 0.1) is 24.3 Å². The van der Waals surface area contributed by atoms with Crippen LogP contribution in [-0.2, 0) is 19.6 Å². The van der Waals surface area contributed by atoms with Crippen molar-refractivity contribution in [2.45, 2.75) is 276 Å². The van der Waals surface area contributed by atoms with Crippen molar-refractivity contribution in [3.8, 4) is 0 Å². The van der Waals surface area contributed by atoms with E-state index in [0.29, 0.717) is 12.8 Å². The van der Waals surface area contributed by atoms with Crippen LogP contribution in [0.5, 0.6) is 0 Å². The molecule has 7 nitrogen and oxygen atoms in total. The topological polar surface area (TPSA) is 107 Å². The minimum absolute atomic E-state index is 0.0209. The summed E-state index contributed by atoms with van der Waals surface area (Å²) >= 11 is 0. The molecule has 0 fully saturated rings. The van der Waals surface area contributed by atoms with Crippen LogP contribution in [-0.4, -0.2) is 38.1 Å². The van der Waals surface area contributed by atoms with Crippen molar-refractivity contribution < 1.29 is 32.0 Å². The van der Waals surface area contributed by atoms with Crippen molar-refractivity contribution in [3.05, 3.63) is 53.6 Å². The van der Waals surface area contributed by atoms with Crippen LogP contribution in [0.15, 0.2) is 47.4 Å². The number of allylic oxidation sites excluding steroid dienone is 2. The first-order chi connectivity index (χ1) is 31.3. The Morgan fingerprint density at radius 3 is 1.02 bits per heavy atom. The van der Waals surface area contributed by atoms with Crippen LogP contribution >= 0.6 is 0 Å². The van der Waals surface area contributed by atoms with Gasteiger partial charge in [-0.25, -0.2) is 9.59 Å². The van der Waals surface area contributed by atoms with Crippen molar-refractivity contribution in [1.29, 1.82) is 0 Å². The van der Waals surface area contributed by atoms with Crippen LogP contribution in [0.3, 0.4) is 0 Å². The number of ether oxygens (including phenoxy) is 2. The van der Waals surface area contributed by atoms with Crippen molar-refractivity contribution in [2.75, 3.05) is 13.2 Å². The molecule has 1 N–H and O–H groups in total.